The van der Waals surface area contributed by atoms with Crippen LogP contribution in [0.2, 0.25) is 0 Å². The van der Waals surface area contributed by atoms with Crippen molar-refractivity contribution in [1.29, 1.82) is 0 Å². The molecule has 0 bridgehead atoms. The molecule has 128 valence electrons. The van der Waals surface area contributed by atoms with Crippen molar-refractivity contribution < 1.29 is 27.8 Å². The Morgan fingerprint density at radius 2 is 1.83 bits per heavy atom. The van der Waals surface area contributed by atoms with E-state index in [9.17, 15) is 23.1 Å². The Morgan fingerprint density at radius 1 is 1.26 bits per heavy atom. The van der Waals surface area contributed by atoms with Crippen molar-refractivity contribution in [3.05, 3.63) is 35.1 Å². The van der Waals surface area contributed by atoms with Crippen molar-refractivity contribution in [2.45, 2.75) is 51.3 Å². The molecule has 23 heavy (non-hydrogen) atoms. The molecule has 2 rings (SSSR count). The summed E-state index contributed by atoms with van der Waals surface area (Å²) in [5, 5.41) is 9.43. The van der Waals surface area contributed by atoms with Crippen molar-refractivity contribution >= 4 is 6.09 Å². The van der Waals surface area contributed by atoms with Gasteiger partial charge in [-0.1, -0.05) is 0 Å². The van der Waals surface area contributed by atoms with E-state index in [0.29, 0.717) is 18.6 Å². The maximum Gasteiger partial charge on any atom is 0.411 e. The maximum absolute atomic E-state index is 14.0. The summed E-state index contributed by atoms with van der Waals surface area (Å²) in [6, 6.07) is -0.378. The number of aliphatic hydroxyl groups excluding tert-OH is 1. The fourth-order valence-corrected chi connectivity index (χ4v) is 2.81. The highest BCUT2D eigenvalue weighted by molar-refractivity contribution is 5.70. The number of carbonyl (C=O) groups excluding carboxylic acids is 1. The van der Waals surface area contributed by atoms with Crippen molar-refractivity contribution in [1.82, 2.24) is 4.90 Å². The van der Waals surface area contributed by atoms with Gasteiger partial charge in [-0.3, -0.25) is 4.90 Å². The highest BCUT2D eigenvalue weighted by Crippen LogP contribution is 2.39. The van der Waals surface area contributed by atoms with Gasteiger partial charge in [0.1, 0.15) is 23.1 Å². The first-order chi connectivity index (χ1) is 10.6. The summed E-state index contributed by atoms with van der Waals surface area (Å²) >= 11 is 0. The molecule has 0 aromatic heterocycles. The summed E-state index contributed by atoms with van der Waals surface area (Å²) < 4.78 is 46.5. The Morgan fingerprint density at radius 3 is 2.30 bits per heavy atom. The number of ether oxygens (including phenoxy) is 1. The van der Waals surface area contributed by atoms with Crippen LogP contribution in [0.5, 0.6) is 0 Å². The average molecular weight is 331 g/mol. The molecule has 0 radical (unpaired) electrons. The molecule has 1 heterocycles. The van der Waals surface area contributed by atoms with Gasteiger partial charge in [-0.2, -0.15) is 0 Å². The number of likely N-dealkylation sites (tertiary alicyclic amines) is 1. The van der Waals surface area contributed by atoms with Crippen molar-refractivity contribution in [2.75, 3.05) is 6.61 Å². The van der Waals surface area contributed by atoms with Crippen LogP contribution in [-0.2, 0) is 4.74 Å². The van der Waals surface area contributed by atoms with E-state index in [-0.39, 0.29) is 18.6 Å². The third kappa shape index (κ3) is 3.77. The molecule has 1 saturated heterocycles. The van der Waals surface area contributed by atoms with E-state index >= 15 is 0 Å². The van der Waals surface area contributed by atoms with Crippen molar-refractivity contribution in [2.24, 2.45) is 0 Å². The molecule has 1 N–H and O–H groups in total. The highest BCUT2D eigenvalue weighted by atomic mass is 19.1. The second-order valence-electron chi connectivity index (χ2n) is 6.60. The van der Waals surface area contributed by atoms with Crippen LogP contribution in [-0.4, -0.2) is 34.3 Å². The second-order valence-corrected chi connectivity index (χ2v) is 6.60. The zero-order chi connectivity index (χ0) is 17.4. The Labute approximate surface area is 132 Å². The van der Waals surface area contributed by atoms with Gasteiger partial charge in [-0.05, 0) is 33.6 Å². The summed E-state index contributed by atoms with van der Waals surface area (Å²) in [5.74, 6) is -3.14. The number of amides is 1. The number of carbonyl (C=O) groups is 1. The van der Waals surface area contributed by atoms with Gasteiger partial charge in [-0.25, -0.2) is 18.0 Å². The molecule has 1 aromatic carbocycles. The van der Waals surface area contributed by atoms with E-state index in [1.165, 1.54) is 0 Å². The lowest BCUT2D eigenvalue weighted by Crippen LogP contribution is -2.43. The first-order valence-electron chi connectivity index (χ1n) is 7.40. The van der Waals surface area contributed by atoms with Crippen molar-refractivity contribution in [3.63, 3.8) is 0 Å². The predicted molar refractivity (Wildman–Crippen MR) is 77.2 cm³/mol. The molecule has 0 spiro atoms. The summed E-state index contributed by atoms with van der Waals surface area (Å²) in [6.45, 7) is 4.66. The lowest BCUT2D eigenvalue weighted by molar-refractivity contribution is 0.00814. The monoisotopic (exact) mass is 331 g/mol. The van der Waals surface area contributed by atoms with Crippen LogP contribution in [0, 0.1) is 17.5 Å². The molecule has 0 saturated carbocycles. The van der Waals surface area contributed by atoms with Gasteiger partial charge in [0, 0.05) is 17.7 Å². The van der Waals surface area contributed by atoms with Gasteiger partial charge in [0.2, 0.25) is 0 Å². The molecule has 2 atom stereocenters. The molecule has 1 aliphatic rings. The molecule has 0 aliphatic carbocycles. The fraction of sp³-hybridized carbons (Fsp3) is 0.562. The van der Waals surface area contributed by atoms with Crippen LogP contribution in [0.3, 0.4) is 0 Å². The molecule has 7 heteroatoms. The van der Waals surface area contributed by atoms with Crippen LogP contribution >= 0.6 is 0 Å². The molecule has 1 fully saturated rings. The van der Waals surface area contributed by atoms with Gasteiger partial charge in [0.15, 0.2) is 0 Å². The van der Waals surface area contributed by atoms with Crippen LogP contribution in [0.25, 0.3) is 0 Å². The third-order valence-corrected chi connectivity index (χ3v) is 3.69. The van der Waals surface area contributed by atoms with Gasteiger partial charge >= 0.3 is 6.09 Å². The predicted octanol–water partition coefficient (Wildman–Crippen LogP) is 3.54. The van der Waals surface area contributed by atoms with Gasteiger partial charge < -0.3 is 9.84 Å². The summed E-state index contributed by atoms with van der Waals surface area (Å²) in [7, 11) is 0. The summed E-state index contributed by atoms with van der Waals surface area (Å²) in [6.07, 6.45) is -0.136. The van der Waals surface area contributed by atoms with Crippen molar-refractivity contribution in [3.8, 4) is 0 Å². The lowest BCUT2D eigenvalue weighted by Gasteiger charge is -2.32. The largest absolute Gasteiger partial charge is 0.444 e. The second kappa shape index (κ2) is 6.39. The summed E-state index contributed by atoms with van der Waals surface area (Å²) in [5.41, 5.74) is -1.17. The fourth-order valence-electron chi connectivity index (χ4n) is 2.81. The number of rotatable bonds is 2. The average Bonchev–Trinajstić information content (AvgIpc) is 2.79. The molecule has 4 nitrogen and oxygen atoms in total. The van der Waals surface area contributed by atoms with E-state index in [1.807, 2.05) is 0 Å². The number of benzene rings is 1. The normalized spacial score (nSPS) is 21.6. The number of nitrogens with zero attached hydrogens (tertiary/aromatic N) is 1. The van der Waals surface area contributed by atoms with Crippen LogP contribution < -0.4 is 0 Å². The maximum atomic E-state index is 14.0. The number of hydrogen-bond donors (Lipinski definition) is 1. The highest BCUT2D eigenvalue weighted by Gasteiger charge is 2.42. The Bertz CT molecular complexity index is 578. The SMILES string of the molecule is CC(C)(C)OC(=O)N1[C@@H](CO)CC[C@H]1c1c(F)cc(F)cc1F. The quantitative estimate of drug-likeness (QED) is 0.902. The standard InChI is InChI=1S/C16H20F3NO3/c1-16(2,3)23-15(22)20-10(8-21)4-5-13(20)14-11(18)6-9(17)7-12(14)19/h6-7,10,13,21H,4-5,8H2,1-3H3/t10-,13+/m1/s1. The minimum absolute atomic E-state index is 0.254. The van der Waals surface area contributed by atoms with E-state index in [2.05, 4.69) is 0 Å². The van der Waals surface area contributed by atoms with E-state index in [0.717, 1.165) is 4.90 Å². The van der Waals surface area contributed by atoms with Crippen LogP contribution in [0.1, 0.15) is 45.2 Å². The third-order valence-electron chi connectivity index (χ3n) is 3.69. The van der Waals surface area contributed by atoms with Gasteiger partial charge in [0.05, 0.1) is 18.7 Å². The lowest BCUT2D eigenvalue weighted by atomic mass is 10.0. The molecule has 1 aliphatic heterocycles. The van der Waals surface area contributed by atoms with Crippen LogP contribution in [0.4, 0.5) is 18.0 Å². The summed E-state index contributed by atoms with van der Waals surface area (Å²) in [4.78, 5) is 13.5. The Kier molecular flexibility index (Phi) is 4.89. The first-order valence-corrected chi connectivity index (χ1v) is 7.40. The van der Waals surface area contributed by atoms with E-state index < -0.39 is 41.2 Å². The first kappa shape index (κ1) is 17.6. The van der Waals surface area contributed by atoms with E-state index in [1.54, 1.807) is 20.8 Å². The Hall–Kier alpha value is -1.76. The minimum atomic E-state index is -1.06. The number of hydrogen-bond acceptors (Lipinski definition) is 3. The van der Waals surface area contributed by atoms with Crippen LogP contribution in [0.15, 0.2) is 12.1 Å². The Balaban J connectivity index is 2.39. The zero-order valence-electron chi connectivity index (χ0n) is 13.3. The zero-order valence-corrected chi connectivity index (χ0v) is 13.3. The van der Waals surface area contributed by atoms with E-state index in [4.69, 9.17) is 4.74 Å². The molecular weight excluding hydrogens is 311 g/mol. The molecule has 1 amide bonds. The minimum Gasteiger partial charge on any atom is -0.444 e. The topological polar surface area (TPSA) is 49.8 Å². The number of halogens is 3. The molecule has 1 aromatic rings. The molecular formula is C16H20F3NO3. The van der Waals surface area contributed by atoms with Gasteiger partial charge in [-0.15, -0.1) is 0 Å². The van der Waals surface area contributed by atoms with Gasteiger partial charge in [0.25, 0.3) is 0 Å². The smallest absolute Gasteiger partial charge is 0.411 e. The molecule has 0 unspecified atom stereocenters. The number of aliphatic hydroxyl groups is 1.